The summed E-state index contributed by atoms with van der Waals surface area (Å²) in [4.78, 5) is 8.92. The zero-order valence-electron chi connectivity index (χ0n) is 9.44. The largest absolute Gasteiger partial charge is 0.236 e. The highest BCUT2D eigenvalue weighted by Gasteiger charge is 2.20. The van der Waals surface area contributed by atoms with Crippen molar-refractivity contribution in [2.24, 2.45) is 0 Å². The van der Waals surface area contributed by atoms with Gasteiger partial charge in [0, 0.05) is 22.4 Å². The van der Waals surface area contributed by atoms with Crippen LogP contribution in [0.25, 0.3) is 11.4 Å². The van der Waals surface area contributed by atoms with Crippen LogP contribution >= 0.6 is 15.9 Å². The number of halogens is 1. The van der Waals surface area contributed by atoms with Gasteiger partial charge in [0.05, 0.1) is 0 Å². The fraction of sp³-hybridized carbons (Fsp3) is 0.286. The van der Waals surface area contributed by atoms with Crippen molar-refractivity contribution in [3.8, 4) is 11.4 Å². The van der Waals surface area contributed by atoms with Gasteiger partial charge in [-0.25, -0.2) is 9.97 Å². The molecule has 17 heavy (non-hydrogen) atoms. The molecule has 1 aliphatic rings. The van der Waals surface area contributed by atoms with Crippen LogP contribution in [0.15, 0.2) is 41.1 Å². The summed E-state index contributed by atoms with van der Waals surface area (Å²) >= 11 is 3.46. The second-order valence-electron chi connectivity index (χ2n) is 4.48. The van der Waals surface area contributed by atoms with Crippen LogP contribution in [0, 0.1) is 0 Å². The molecule has 2 aromatic rings. The van der Waals surface area contributed by atoms with Crippen LogP contribution in [0.4, 0.5) is 0 Å². The summed E-state index contributed by atoms with van der Waals surface area (Å²) in [5.41, 5.74) is 2.34. The summed E-state index contributed by atoms with van der Waals surface area (Å²) in [6, 6.07) is 8.08. The van der Waals surface area contributed by atoms with Crippen molar-refractivity contribution in [1.82, 2.24) is 9.97 Å². The number of benzene rings is 1. The highest BCUT2D eigenvalue weighted by molar-refractivity contribution is 9.10. The quantitative estimate of drug-likeness (QED) is 0.829. The maximum Gasteiger partial charge on any atom is 0.159 e. The van der Waals surface area contributed by atoms with E-state index in [2.05, 4.69) is 25.9 Å². The molecule has 0 aliphatic heterocycles. The fourth-order valence-corrected chi connectivity index (χ4v) is 2.47. The molecule has 0 unspecified atom stereocenters. The van der Waals surface area contributed by atoms with Crippen LogP contribution in [0.2, 0.25) is 0 Å². The summed E-state index contributed by atoms with van der Waals surface area (Å²) in [5.74, 6) is 1.50. The minimum Gasteiger partial charge on any atom is -0.236 e. The molecule has 0 radical (unpaired) electrons. The van der Waals surface area contributed by atoms with Gasteiger partial charge in [-0.3, -0.25) is 0 Å². The monoisotopic (exact) mass is 288 g/mol. The summed E-state index contributed by atoms with van der Waals surface area (Å²) in [6.07, 6.45) is 7.89. The van der Waals surface area contributed by atoms with E-state index in [1.54, 1.807) is 0 Å². The van der Waals surface area contributed by atoms with Gasteiger partial charge in [-0.15, -0.1) is 0 Å². The molecule has 3 rings (SSSR count). The Morgan fingerprint density at radius 2 is 1.88 bits per heavy atom. The Morgan fingerprint density at radius 3 is 2.47 bits per heavy atom. The molecule has 0 N–H and O–H groups in total. The zero-order chi connectivity index (χ0) is 11.7. The summed E-state index contributed by atoms with van der Waals surface area (Å²) in [6.45, 7) is 0. The molecule has 1 saturated carbocycles. The SMILES string of the molecule is Brc1cccc(-c2ncc(C3CCC3)cn2)c1. The molecular formula is C14H13BrN2. The van der Waals surface area contributed by atoms with Crippen molar-refractivity contribution in [2.75, 3.05) is 0 Å². The molecule has 86 valence electrons. The summed E-state index contributed by atoms with van der Waals surface area (Å²) in [7, 11) is 0. The third-order valence-corrected chi connectivity index (χ3v) is 3.82. The van der Waals surface area contributed by atoms with Crippen molar-refractivity contribution in [1.29, 1.82) is 0 Å². The van der Waals surface area contributed by atoms with Crippen LogP contribution in [-0.4, -0.2) is 9.97 Å². The van der Waals surface area contributed by atoms with E-state index in [9.17, 15) is 0 Å². The first-order chi connectivity index (χ1) is 8.33. The van der Waals surface area contributed by atoms with E-state index >= 15 is 0 Å². The lowest BCUT2D eigenvalue weighted by molar-refractivity contribution is 0.418. The first-order valence-electron chi connectivity index (χ1n) is 5.91. The number of aromatic nitrogens is 2. The molecule has 0 bridgehead atoms. The van der Waals surface area contributed by atoms with Crippen LogP contribution in [0.3, 0.4) is 0 Å². The lowest BCUT2D eigenvalue weighted by Crippen LogP contribution is -2.09. The van der Waals surface area contributed by atoms with Gasteiger partial charge in [0.15, 0.2) is 5.82 Å². The van der Waals surface area contributed by atoms with Crippen LogP contribution in [0.5, 0.6) is 0 Å². The molecular weight excluding hydrogens is 276 g/mol. The fourth-order valence-electron chi connectivity index (χ4n) is 2.07. The number of hydrogen-bond acceptors (Lipinski definition) is 2. The van der Waals surface area contributed by atoms with Crippen LogP contribution in [0.1, 0.15) is 30.7 Å². The van der Waals surface area contributed by atoms with Gasteiger partial charge < -0.3 is 0 Å². The van der Waals surface area contributed by atoms with Gasteiger partial charge >= 0.3 is 0 Å². The van der Waals surface area contributed by atoms with Crippen LogP contribution in [-0.2, 0) is 0 Å². The van der Waals surface area contributed by atoms with Crippen molar-refractivity contribution in [3.63, 3.8) is 0 Å². The van der Waals surface area contributed by atoms with E-state index < -0.39 is 0 Å². The Morgan fingerprint density at radius 1 is 1.12 bits per heavy atom. The first kappa shape index (κ1) is 10.9. The minimum atomic E-state index is 0.701. The number of hydrogen-bond donors (Lipinski definition) is 0. The smallest absolute Gasteiger partial charge is 0.159 e. The van der Waals surface area contributed by atoms with Crippen molar-refractivity contribution in [3.05, 3.63) is 46.7 Å². The maximum absolute atomic E-state index is 4.46. The van der Waals surface area contributed by atoms with Gasteiger partial charge in [-0.05, 0) is 36.5 Å². The molecule has 0 atom stereocenters. The van der Waals surface area contributed by atoms with E-state index in [1.165, 1.54) is 24.8 Å². The molecule has 0 saturated heterocycles. The Labute approximate surface area is 109 Å². The van der Waals surface area contributed by atoms with Crippen molar-refractivity contribution >= 4 is 15.9 Å². The van der Waals surface area contributed by atoms with Crippen molar-refractivity contribution < 1.29 is 0 Å². The van der Waals surface area contributed by atoms with E-state index in [0.29, 0.717) is 5.92 Å². The van der Waals surface area contributed by atoms with E-state index in [4.69, 9.17) is 0 Å². The summed E-state index contributed by atoms with van der Waals surface area (Å²) < 4.78 is 1.06. The molecule has 0 amide bonds. The normalized spacial score (nSPS) is 15.6. The average molecular weight is 289 g/mol. The van der Waals surface area contributed by atoms with Crippen molar-refractivity contribution in [2.45, 2.75) is 25.2 Å². The van der Waals surface area contributed by atoms with Gasteiger partial charge in [0.2, 0.25) is 0 Å². The molecule has 1 aliphatic carbocycles. The third kappa shape index (κ3) is 2.25. The molecule has 1 aromatic heterocycles. The van der Waals surface area contributed by atoms with Gasteiger partial charge in [-0.1, -0.05) is 34.5 Å². The average Bonchev–Trinajstić information content (AvgIpc) is 2.28. The lowest BCUT2D eigenvalue weighted by Gasteiger charge is -2.24. The predicted molar refractivity (Wildman–Crippen MR) is 71.8 cm³/mol. The highest BCUT2D eigenvalue weighted by atomic mass is 79.9. The molecule has 3 heteroatoms. The predicted octanol–water partition coefficient (Wildman–Crippen LogP) is 4.17. The Balaban J connectivity index is 1.88. The Hall–Kier alpha value is -1.22. The molecule has 1 fully saturated rings. The second-order valence-corrected chi connectivity index (χ2v) is 5.39. The highest BCUT2D eigenvalue weighted by Crippen LogP contribution is 2.35. The Bertz CT molecular complexity index is 518. The first-order valence-corrected chi connectivity index (χ1v) is 6.70. The van der Waals surface area contributed by atoms with E-state index in [-0.39, 0.29) is 0 Å². The van der Waals surface area contributed by atoms with Crippen LogP contribution < -0.4 is 0 Å². The van der Waals surface area contributed by atoms with Gasteiger partial charge in [0.1, 0.15) is 0 Å². The molecule has 1 heterocycles. The second kappa shape index (κ2) is 4.57. The number of rotatable bonds is 2. The molecule has 2 nitrogen and oxygen atoms in total. The van der Waals surface area contributed by atoms with Gasteiger partial charge in [0.25, 0.3) is 0 Å². The van der Waals surface area contributed by atoms with Gasteiger partial charge in [-0.2, -0.15) is 0 Å². The molecule has 0 spiro atoms. The molecule has 1 aromatic carbocycles. The number of nitrogens with zero attached hydrogens (tertiary/aromatic N) is 2. The lowest BCUT2D eigenvalue weighted by atomic mass is 9.81. The minimum absolute atomic E-state index is 0.701. The topological polar surface area (TPSA) is 25.8 Å². The zero-order valence-corrected chi connectivity index (χ0v) is 11.0. The maximum atomic E-state index is 4.46. The van der Waals surface area contributed by atoms with E-state index in [1.807, 2.05) is 36.7 Å². The third-order valence-electron chi connectivity index (χ3n) is 3.33. The Kier molecular flexibility index (Phi) is 2.93. The van der Waals surface area contributed by atoms with E-state index in [0.717, 1.165) is 15.9 Å². The standard InChI is InChI=1S/C14H13BrN2/c15-13-6-2-5-11(7-13)14-16-8-12(9-17-14)10-3-1-4-10/h2,5-10H,1,3-4H2. The summed E-state index contributed by atoms with van der Waals surface area (Å²) in [5, 5.41) is 0.